The van der Waals surface area contributed by atoms with Crippen LogP contribution in [0.1, 0.15) is 24.2 Å². The summed E-state index contributed by atoms with van der Waals surface area (Å²) < 4.78 is 31.8. The van der Waals surface area contributed by atoms with Gasteiger partial charge in [-0.3, -0.25) is 10.1 Å². The quantitative estimate of drug-likeness (QED) is 0.337. The first kappa shape index (κ1) is 23.3. The molecule has 4 aromatic rings. The Labute approximate surface area is 209 Å². The Kier molecular flexibility index (Phi) is 6.17. The number of nitrogens with zero attached hydrogens (tertiary/aromatic N) is 5. The van der Waals surface area contributed by atoms with Crippen molar-refractivity contribution in [2.75, 3.05) is 18.0 Å². The maximum atomic E-state index is 12.8. The normalized spacial score (nSPS) is 14.7. The third kappa shape index (κ3) is 4.35. The van der Waals surface area contributed by atoms with E-state index in [1.165, 1.54) is 12.4 Å². The van der Waals surface area contributed by atoms with Crippen LogP contribution in [0.25, 0.3) is 22.2 Å². The van der Waals surface area contributed by atoms with Gasteiger partial charge in [0.15, 0.2) is 0 Å². The average molecular weight is 515 g/mol. The number of anilines is 1. The van der Waals surface area contributed by atoms with Crippen molar-refractivity contribution in [1.82, 2.24) is 20.2 Å². The molecule has 1 fully saturated rings. The van der Waals surface area contributed by atoms with Gasteiger partial charge in [0.1, 0.15) is 29.4 Å². The molecule has 5 rings (SSSR count). The fourth-order valence-corrected chi connectivity index (χ4v) is 4.80. The van der Waals surface area contributed by atoms with Crippen LogP contribution in [0.5, 0.6) is 5.75 Å². The van der Waals surface area contributed by atoms with E-state index in [9.17, 15) is 14.0 Å². The Morgan fingerprint density at radius 3 is 2.60 bits per heavy atom. The maximum absolute atomic E-state index is 12.8. The largest absolute Gasteiger partial charge is 0.486 e. The number of benzene rings is 1. The lowest BCUT2D eigenvalue weighted by Crippen LogP contribution is -2.50. The fraction of sp³-hybridized carbons (Fsp3) is 0.250. The lowest BCUT2D eigenvalue weighted by Gasteiger charge is -2.39. The number of nitrogens with one attached hydrogen (secondary N) is 1. The predicted octanol–water partition coefficient (Wildman–Crippen LogP) is 6.04. The molecule has 1 atom stereocenters. The van der Waals surface area contributed by atoms with Gasteiger partial charge in [-0.15, -0.1) is 0 Å². The number of aromatic nitrogens is 4. The molecule has 0 spiro atoms. The molecule has 1 aromatic carbocycles. The number of hydrogen-bond acceptors (Lipinski definition) is 6. The number of H-pyrrole nitrogens is 1. The minimum absolute atomic E-state index is 0.175. The molecule has 0 amide bonds. The topological polar surface area (TPSA) is 90.7 Å². The Balaban J connectivity index is 1.44. The summed E-state index contributed by atoms with van der Waals surface area (Å²) in [5.41, 5.74) is 2.91. The molecular formula is C24H18Cl2F2N6O. The molecule has 0 saturated carbocycles. The first-order chi connectivity index (χ1) is 16.9. The number of rotatable bonds is 6. The summed E-state index contributed by atoms with van der Waals surface area (Å²) in [6.07, 6.45) is 1.80. The van der Waals surface area contributed by atoms with Gasteiger partial charge >= 0.3 is 0 Å². The Morgan fingerprint density at radius 2 is 1.91 bits per heavy atom. The molecule has 7 nitrogen and oxygen atoms in total. The zero-order valence-electron chi connectivity index (χ0n) is 18.3. The van der Waals surface area contributed by atoms with Crippen LogP contribution in [0.2, 0.25) is 10.0 Å². The lowest BCUT2D eigenvalue weighted by atomic mass is 9.99. The van der Waals surface area contributed by atoms with E-state index in [1.54, 1.807) is 23.2 Å². The highest BCUT2D eigenvalue weighted by Crippen LogP contribution is 2.36. The Morgan fingerprint density at radius 1 is 1.17 bits per heavy atom. The zero-order valence-corrected chi connectivity index (χ0v) is 19.9. The average Bonchev–Trinajstić information content (AvgIpc) is 3.21. The third-order valence-electron chi connectivity index (χ3n) is 5.97. The molecule has 1 aliphatic rings. The van der Waals surface area contributed by atoms with Crippen molar-refractivity contribution in [2.45, 2.75) is 19.5 Å². The number of halogens is 4. The van der Waals surface area contributed by atoms with Crippen LogP contribution in [0.15, 0.2) is 42.9 Å². The van der Waals surface area contributed by atoms with Gasteiger partial charge in [-0.25, -0.2) is 13.8 Å². The molecule has 0 bridgehead atoms. The van der Waals surface area contributed by atoms with Crippen LogP contribution in [0.4, 0.5) is 14.6 Å². The molecule has 178 valence electrons. The third-order valence-corrected chi connectivity index (χ3v) is 6.57. The highest BCUT2D eigenvalue weighted by molar-refractivity contribution is 6.35. The van der Waals surface area contributed by atoms with Crippen molar-refractivity contribution >= 4 is 39.9 Å². The number of pyridine rings is 2. The Bertz CT molecular complexity index is 1430. The van der Waals surface area contributed by atoms with Crippen molar-refractivity contribution < 1.29 is 13.5 Å². The van der Waals surface area contributed by atoms with Gasteiger partial charge in [0, 0.05) is 48.2 Å². The Hall–Kier alpha value is -3.48. The van der Waals surface area contributed by atoms with Crippen LogP contribution in [-0.2, 0) is 0 Å². The molecule has 1 saturated heterocycles. The van der Waals surface area contributed by atoms with Crippen molar-refractivity contribution in [3.63, 3.8) is 0 Å². The summed E-state index contributed by atoms with van der Waals surface area (Å²) in [4.78, 5) is 10.0. The van der Waals surface area contributed by atoms with Crippen LogP contribution >= 0.6 is 23.2 Å². The smallest absolute Gasteiger partial charge is 0.244 e. The van der Waals surface area contributed by atoms with Crippen LogP contribution in [0, 0.1) is 17.2 Å². The van der Waals surface area contributed by atoms with Gasteiger partial charge < -0.3 is 9.64 Å². The number of aromatic amines is 1. The van der Waals surface area contributed by atoms with E-state index in [-0.39, 0.29) is 13.1 Å². The second-order valence-electron chi connectivity index (χ2n) is 8.26. The summed E-state index contributed by atoms with van der Waals surface area (Å²) in [5.74, 6) is 0.272. The van der Waals surface area contributed by atoms with E-state index < -0.39 is 18.4 Å². The molecule has 1 N–H and O–H groups in total. The molecule has 0 aliphatic carbocycles. The second-order valence-corrected chi connectivity index (χ2v) is 9.08. The summed E-state index contributed by atoms with van der Waals surface area (Å²) >= 11 is 12.5. The number of fused-ring (bicyclic) bond motifs is 1. The van der Waals surface area contributed by atoms with E-state index >= 15 is 0 Å². The molecular weight excluding hydrogens is 497 g/mol. The summed E-state index contributed by atoms with van der Waals surface area (Å²) in [7, 11) is 0. The van der Waals surface area contributed by atoms with Gasteiger partial charge in [-0.2, -0.15) is 10.4 Å². The monoisotopic (exact) mass is 514 g/mol. The number of ether oxygens (including phenoxy) is 1. The SMILES string of the molecule is C[C@@H](Oc1ccc2[nH]nc(-c3cnc(N4CC(C(F)F)C4)c(C#N)c3)c2c1)c1c(Cl)cncc1Cl. The molecule has 3 aromatic heterocycles. The fourth-order valence-electron chi connectivity index (χ4n) is 4.13. The lowest BCUT2D eigenvalue weighted by molar-refractivity contribution is 0.0611. The first-order valence-electron chi connectivity index (χ1n) is 10.7. The van der Waals surface area contributed by atoms with Gasteiger partial charge in [0.05, 0.1) is 27.0 Å². The summed E-state index contributed by atoms with van der Waals surface area (Å²) in [6.45, 7) is 2.19. The van der Waals surface area contributed by atoms with Crippen molar-refractivity contribution in [2.24, 2.45) is 5.92 Å². The molecule has 0 unspecified atom stereocenters. The van der Waals surface area contributed by atoms with Crippen LogP contribution < -0.4 is 9.64 Å². The van der Waals surface area contributed by atoms with Crippen LogP contribution in [0.3, 0.4) is 0 Å². The molecule has 35 heavy (non-hydrogen) atoms. The molecule has 11 heteroatoms. The predicted molar refractivity (Wildman–Crippen MR) is 129 cm³/mol. The molecule has 0 radical (unpaired) electrons. The highest BCUT2D eigenvalue weighted by Gasteiger charge is 2.35. The van der Waals surface area contributed by atoms with Crippen molar-refractivity contribution in [3.8, 4) is 23.1 Å². The van der Waals surface area contributed by atoms with E-state index in [0.717, 1.165) is 10.9 Å². The second kappa shape index (κ2) is 9.29. The molecule has 4 heterocycles. The van der Waals surface area contributed by atoms with Crippen molar-refractivity contribution in [1.29, 1.82) is 5.26 Å². The minimum atomic E-state index is -2.38. The van der Waals surface area contributed by atoms with Gasteiger partial charge in [-0.05, 0) is 31.2 Å². The van der Waals surface area contributed by atoms with Gasteiger partial charge in [0.2, 0.25) is 6.43 Å². The van der Waals surface area contributed by atoms with Gasteiger partial charge in [-0.1, -0.05) is 23.2 Å². The summed E-state index contributed by atoms with van der Waals surface area (Å²) in [5, 5.41) is 18.6. The number of alkyl halides is 2. The molecule has 1 aliphatic heterocycles. The van der Waals surface area contributed by atoms with Crippen LogP contribution in [-0.4, -0.2) is 39.7 Å². The van der Waals surface area contributed by atoms with Crippen molar-refractivity contribution in [3.05, 3.63) is 64.0 Å². The van der Waals surface area contributed by atoms with E-state index in [1.807, 2.05) is 19.1 Å². The van der Waals surface area contributed by atoms with Gasteiger partial charge in [0.25, 0.3) is 0 Å². The van der Waals surface area contributed by atoms with E-state index in [4.69, 9.17) is 27.9 Å². The summed E-state index contributed by atoms with van der Waals surface area (Å²) in [6, 6.07) is 9.25. The highest BCUT2D eigenvalue weighted by atomic mass is 35.5. The standard InChI is InChI=1S/C24H18Cl2F2N6O/c1-12(21-18(25)8-30-9-19(21)26)35-16-2-3-20-17(5-16)22(33-32-20)14-4-13(6-29)24(31-7-14)34-10-15(11-34)23(27)28/h2-5,7-9,12,15,23H,10-11H2,1H3,(H,32,33)/t12-/m1/s1. The van der Waals surface area contributed by atoms with E-state index in [0.29, 0.717) is 44.0 Å². The maximum Gasteiger partial charge on any atom is 0.244 e. The number of hydrogen-bond donors (Lipinski definition) is 1. The number of nitriles is 1. The first-order valence-corrected chi connectivity index (χ1v) is 11.5. The zero-order chi connectivity index (χ0) is 24.7. The minimum Gasteiger partial charge on any atom is -0.486 e. The van der Waals surface area contributed by atoms with E-state index in [2.05, 4.69) is 26.2 Å².